The van der Waals surface area contributed by atoms with E-state index in [9.17, 15) is 14.7 Å². The summed E-state index contributed by atoms with van der Waals surface area (Å²) in [6.45, 7) is 3.82. The van der Waals surface area contributed by atoms with E-state index in [1.807, 2.05) is 31.2 Å². The predicted molar refractivity (Wildman–Crippen MR) is 98.0 cm³/mol. The molecule has 6 heteroatoms. The lowest BCUT2D eigenvalue weighted by Gasteiger charge is -2.08. The lowest BCUT2D eigenvalue weighted by atomic mass is 10.1. The maximum Gasteiger partial charge on any atom is 0.342 e. The molecule has 0 saturated heterocycles. The van der Waals surface area contributed by atoms with Crippen molar-refractivity contribution in [1.82, 2.24) is 5.32 Å². The lowest BCUT2D eigenvalue weighted by Crippen LogP contribution is -2.30. The Hall–Kier alpha value is -2.47. The van der Waals surface area contributed by atoms with Gasteiger partial charge in [-0.25, -0.2) is 4.79 Å². The second-order valence-corrected chi connectivity index (χ2v) is 6.73. The normalized spacial score (nSPS) is 10.3. The summed E-state index contributed by atoms with van der Waals surface area (Å²) in [5, 5.41) is 12.5. The number of phenols is 1. The van der Waals surface area contributed by atoms with Gasteiger partial charge in [0.1, 0.15) is 11.3 Å². The highest BCUT2D eigenvalue weighted by Gasteiger charge is 2.15. The van der Waals surface area contributed by atoms with Crippen molar-refractivity contribution in [3.63, 3.8) is 0 Å². The molecule has 2 rings (SSSR count). The number of aryl methyl sites for hydroxylation is 2. The number of ether oxygens (including phenoxy) is 1. The van der Waals surface area contributed by atoms with E-state index in [-0.39, 0.29) is 23.8 Å². The Balaban J connectivity index is 1.69. The molecular weight excluding hydrogens is 338 g/mol. The Kier molecular flexibility index (Phi) is 6.89. The molecule has 2 aromatic rings. The van der Waals surface area contributed by atoms with Crippen molar-refractivity contribution >= 4 is 23.6 Å². The van der Waals surface area contributed by atoms with E-state index < -0.39 is 5.97 Å². The van der Waals surface area contributed by atoms with Gasteiger partial charge in [0.25, 0.3) is 5.91 Å². The van der Waals surface area contributed by atoms with Gasteiger partial charge < -0.3 is 15.2 Å². The molecule has 0 radical (unpaired) electrons. The van der Waals surface area contributed by atoms with Gasteiger partial charge in [-0.3, -0.25) is 4.79 Å². The van der Waals surface area contributed by atoms with E-state index in [0.717, 1.165) is 10.6 Å². The minimum absolute atomic E-state index is 0.0581. The number of nitrogens with one attached hydrogen (secondary N) is 1. The summed E-state index contributed by atoms with van der Waals surface area (Å²) in [7, 11) is 0. The van der Waals surface area contributed by atoms with Crippen LogP contribution in [0, 0.1) is 13.8 Å². The van der Waals surface area contributed by atoms with E-state index in [1.54, 1.807) is 30.8 Å². The Morgan fingerprint density at radius 2 is 1.84 bits per heavy atom. The van der Waals surface area contributed by atoms with Gasteiger partial charge in [-0.2, -0.15) is 0 Å². The quantitative estimate of drug-likeness (QED) is 0.451. The number of benzene rings is 2. The fraction of sp³-hybridized carbons (Fsp3) is 0.263. The lowest BCUT2D eigenvalue weighted by molar-refractivity contribution is -0.124. The van der Waals surface area contributed by atoms with E-state index in [2.05, 4.69) is 5.32 Å². The third-order valence-electron chi connectivity index (χ3n) is 3.51. The fourth-order valence-electron chi connectivity index (χ4n) is 2.08. The van der Waals surface area contributed by atoms with Crippen LogP contribution in [0.4, 0.5) is 0 Å². The van der Waals surface area contributed by atoms with Crippen molar-refractivity contribution in [3.05, 3.63) is 59.2 Å². The van der Waals surface area contributed by atoms with Crippen LogP contribution in [-0.4, -0.2) is 35.9 Å². The van der Waals surface area contributed by atoms with Crippen LogP contribution in [0.25, 0.3) is 0 Å². The number of hydrogen-bond acceptors (Lipinski definition) is 5. The van der Waals surface area contributed by atoms with E-state index in [4.69, 9.17) is 4.74 Å². The van der Waals surface area contributed by atoms with Crippen molar-refractivity contribution in [2.24, 2.45) is 0 Å². The van der Waals surface area contributed by atoms with E-state index in [1.165, 1.54) is 11.6 Å². The average Bonchev–Trinajstić information content (AvgIpc) is 2.60. The van der Waals surface area contributed by atoms with Gasteiger partial charge >= 0.3 is 5.97 Å². The van der Waals surface area contributed by atoms with Crippen LogP contribution in [0.5, 0.6) is 5.75 Å². The molecule has 25 heavy (non-hydrogen) atoms. The monoisotopic (exact) mass is 359 g/mol. The number of amides is 1. The molecule has 5 nitrogen and oxygen atoms in total. The SMILES string of the molecule is Cc1ccc(SCCNC(=O)COC(=O)c2cccc(C)c2O)cc1. The van der Waals surface area contributed by atoms with E-state index >= 15 is 0 Å². The van der Waals surface area contributed by atoms with Crippen LogP contribution in [0.3, 0.4) is 0 Å². The maximum atomic E-state index is 11.9. The summed E-state index contributed by atoms with van der Waals surface area (Å²) in [6.07, 6.45) is 0. The molecule has 0 atom stereocenters. The van der Waals surface area contributed by atoms with Crippen LogP contribution in [0.15, 0.2) is 47.4 Å². The molecule has 0 fully saturated rings. The molecule has 0 bridgehead atoms. The van der Waals surface area contributed by atoms with Crippen LogP contribution >= 0.6 is 11.8 Å². The summed E-state index contributed by atoms with van der Waals surface area (Å²) >= 11 is 1.64. The standard InChI is InChI=1S/C19H21NO4S/c1-13-6-8-15(9-7-13)25-11-10-20-17(21)12-24-19(23)16-5-3-4-14(2)18(16)22/h3-9,22H,10-12H2,1-2H3,(H,20,21). The number of phenolic OH excluding ortho intramolecular Hbond substituents is 1. The zero-order valence-electron chi connectivity index (χ0n) is 14.2. The first-order chi connectivity index (χ1) is 12.0. The molecule has 1 amide bonds. The molecule has 2 N–H and O–H groups in total. The zero-order valence-corrected chi connectivity index (χ0v) is 15.1. The van der Waals surface area contributed by atoms with Crippen molar-refractivity contribution in [1.29, 1.82) is 0 Å². The van der Waals surface area contributed by atoms with Crippen LogP contribution in [-0.2, 0) is 9.53 Å². The molecule has 0 unspecified atom stereocenters. The van der Waals surface area contributed by atoms with Crippen LogP contribution in [0.2, 0.25) is 0 Å². The van der Waals surface area contributed by atoms with Crippen LogP contribution in [0.1, 0.15) is 21.5 Å². The third-order valence-corrected chi connectivity index (χ3v) is 4.52. The first kappa shape index (κ1) is 18.9. The number of hydrogen-bond donors (Lipinski definition) is 2. The van der Waals surface area contributed by atoms with Gasteiger partial charge in [0.2, 0.25) is 0 Å². The smallest absolute Gasteiger partial charge is 0.342 e. The minimum Gasteiger partial charge on any atom is -0.507 e. The van der Waals surface area contributed by atoms with Crippen molar-refractivity contribution < 1.29 is 19.4 Å². The largest absolute Gasteiger partial charge is 0.507 e. The van der Waals surface area contributed by atoms with Crippen molar-refractivity contribution in [2.45, 2.75) is 18.7 Å². The number of carbonyl (C=O) groups excluding carboxylic acids is 2. The zero-order chi connectivity index (χ0) is 18.2. The average molecular weight is 359 g/mol. The molecule has 132 valence electrons. The van der Waals surface area contributed by atoms with Crippen molar-refractivity contribution in [2.75, 3.05) is 18.9 Å². The number of esters is 1. The maximum absolute atomic E-state index is 11.9. The number of thioether (sulfide) groups is 1. The van der Waals surface area contributed by atoms with E-state index in [0.29, 0.717) is 12.1 Å². The van der Waals surface area contributed by atoms with Gasteiger partial charge in [0.05, 0.1) is 0 Å². The molecular formula is C19H21NO4S. The summed E-state index contributed by atoms with van der Waals surface area (Å²) in [5.41, 5.74) is 1.84. The number of aromatic hydroxyl groups is 1. The Morgan fingerprint density at radius 3 is 2.56 bits per heavy atom. The van der Waals surface area contributed by atoms with Crippen LogP contribution < -0.4 is 5.32 Å². The topological polar surface area (TPSA) is 75.6 Å². The second-order valence-electron chi connectivity index (χ2n) is 5.56. The summed E-state index contributed by atoms with van der Waals surface area (Å²) in [5.74, 6) is -0.487. The highest BCUT2D eigenvalue weighted by Crippen LogP contribution is 2.22. The molecule has 0 aliphatic heterocycles. The summed E-state index contributed by atoms with van der Waals surface area (Å²) < 4.78 is 4.94. The van der Waals surface area contributed by atoms with Gasteiger partial charge in [0, 0.05) is 17.2 Å². The highest BCUT2D eigenvalue weighted by atomic mass is 32.2. The minimum atomic E-state index is -0.717. The molecule has 2 aromatic carbocycles. The fourth-order valence-corrected chi connectivity index (χ4v) is 2.85. The first-order valence-corrected chi connectivity index (χ1v) is 8.88. The Labute approximate surface area is 151 Å². The number of para-hydroxylation sites is 1. The first-order valence-electron chi connectivity index (χ1n) is 7.89. The van der Waals surface area contributed by atoms with Gasteiger partial charge in [-0.05, 0) is 37.6 Å². The van der Waals surface area contributed by atoms with Gasteiger partial charge in [-0.15, -0.1) is 11.8 Å². The molecule has 0 aliphatic carbocycles. The summed E-state index contributed by atoms with van der Waals surface area (Å²) in [4.78, 5) is 24.8. The molecule has 0 saturated carbocycles. The van der Waals surface area contributed by atoms with Crippen molar-refractivity contribution in [3.8, 4) is 5.75 Å². The number of carbonyl (C=O) groups is 2. The highest BCUT2D eigenvalue weighted by molar-refractivity contribution is 7.99. The molecule has 0 aliphatic rings. The number of rotatable bonds is 7. The van der Waals surface area contributed by atoms with Gasteiger partial charge in [0.15, 0.2) is 6.61 Å². The molecule has 0 spiro atoms. The summed E-state index contributed by atoms with van der Waals surface area (Å²) in [6, 6.07) is 13.0. The second kappa shape index (κ2) is 9.13. The predicted octanol–water partition coefficient (Wildman–Crippen LogP) is 3.07. The third kappa shape index (κ3) is 5.83. The Morgan fingerprint density at radius 1 is 1.12 bits per heavy atom. The Bertz CT molecular complexity index is 744. The molecule has 0 aromatic heterocycles. The van der Waals surface area contributed by atoms with Gasteiger partial charge in [-0.1, -0.05) is 29.8 Å². The molecule has 0 heterocycles.